The molecule has 2 amide bonds. The maximum absolute atomic E-state index is 12.4. The van der Waals surface area contributed by atoms with Gasteiger partial charge in [-0.3, -0.25) is 9.59 Å². The molecule has 0 fully saturated rings. The van der Waals surface area contributed by atoms with E-state index in [0.717, 1.165) is 12.5 Å². The van der Waals surface area contributed by atoms with Crippen LogP contribution in [0.15, 0.2) is 63.8 Å². The van der Waals surface area contributed by atoms with Crippen LogP contribution < -0.4 is 21.0 Å². The van der Waals surface area contributed by atoms with E-state index in [-0.39, 0.29) is 18.0 Å². The Kier molecular flexibility index (Phi) is 6.54. The Morgan fingerprint density at radius 2 is 1.62 bits per heavy atom. The van der Waals surface area contributed by atoms with Crippen molar-refractivity contribution in [1.29, 1.82) is 0 Å². The van der Waals surface area contributed by atoms with Gasteiger partial charge in [0.05, 0.1) is 0 Å². The maximum Gasteiger partial charge on any atom is 0.412 e. The van der Waals surface area contributed by atoms with Crippen LogP contribution in [-0.4, -0.2) is 28.0 Å². The number of carbonyl (C=O) groups excluding carboxylic acids is 3. The molecule has 0 aliphatic rings. The second kappa shape index (κ2) is 9.47. The van der Waals surface area contributed by atoms with E-state index in [4.69, 9.17) is 4.74 Å². The topological polar surface area (TPSA) is 155 Å². The van der Waals surface area contributed by atoms with Crippen LogP contribution in [-0.2, 0) is 6.54 Å². The fourth-order valence-electron chi connectivity index (χ4n) is 2.74. The van der Waals surface area contributed by atoms with Gasteiger partial charge in [-0.2, -0.15) is 0 Å². The lowest BCUT2D eigenvalue weighted by atomic mass is 10.1. The summed E-state index contributed by atoms with van der Waals surface area (Å²) >= 11 is 0. The SMILES string of the molecule is CC(=O)c1c(O)c(C(=O)Nc2ccc(OC(=O)NCc3ccccc3)cc2)c(O)oc1=O. The van der Waals surface area contributed by atoms with Crippen molar-refractivity contribution in [3.8, 4) is 17.4 Å². The number of Topliss-reactive ketones (excluding diaryl/α,β-unsaturated/α-hetero) is 1. The molecule has 32 heavy (non-hydrogen) atoms. The Morgan fingerprint density at radius 3 is 2.25 bits per heavy atom. The minimum atomic E-state index is -1.27. The number of ether oxygens (including phenoxy) is 1. The minimum absolute atomic E-state index is 0.198. The van der Waals surface area contributed by atoms with Gasteiger partial charge in [-0.15, -0.1) is 0 Å². The van der Waals surface area contributed by atoms with Crippen molar-refractivity contribution in [3.05, 3.63) is 81.7 Å². The number of hydrogen-bond donors (Lipinski definition) is 4. The van der Waals surface area contributed by atoms with Crippen LogP contribution in [0.3, 0.4) is 0 Å². The summed E-state index contributed by atoms with van der Waals surface area (Å²) in [4.78, 5) is 47.4. The van der Waals surface area contributed by atoms with E-state index in [9.17, 15) is 29.4 Å². The number of nitrogens with one attached hydrogen (secondary N) is 2. The average molecular weight is 438 g/mol. The number of carbonyl (C=O) groups is 3. The van der Waals surface area contributed by atoms with Crippen LogP contribution in [0.5, 0.6) is 17.4 Å². The predicted octanol–water partition coefficient (Wildman–Crippen LogP) is 2.79. The second-order valence-corrected chi connectivity index (χ2v) is 6.56. The summed E-state index contributed by atoms with van der Waals surface area (Å²) in [7, 11) is 0. The van der Waals surface area contributed by atoms with Gasteiger partial charge in [-0.25, -0.2) is 9.59 Å². The van der Waals surface area contributed by atoms with Crippen LogP contribution >= 0.6 is 0 Å². The normalized spacial score (nSPS) is 10.3. The summed E-state index contributed by atoms with van der Waals surface area (Å²) in [6, 6.07) is 14.9. The highest BCUT2D eigenvalue weighted by Gasteiger charge is 2.27. The molecule has 1 heterocycles. The first kappa shape index (κ1) is 22.1. The van der Waals surface area contributed by atoms with Crippen molar-refractivity contribution in [2.45, 2.75) is 13.5 Å². The van der Waals surface area contributed by atoms with E-state index < -0.39 is 46.2 Å². The molecule has 0 aliphatic heterocycles. The molecule has 164 valence electrons. The van der Waals surface area contributed by atoms with E-state index in [0.29, 0.717) is 0 Å². The number of amides is 2. The van der Waals surface area contributed by atoms with E-state index >= 15 is 0 Å². The van der Waals surface area contributed by atoms with E-state index in [1.165, 1.54) is 24.3 Å². The quantitative estimate of drug-likeness (QED) is 0.428. The minimum Gasteiger partial charge on any atom is -0.506 e. The van der Waals surface area contributed by atoms with Crippen molar-refractivity contribution in [3.63, 3.8) is 0 Å². The summed E-state index contributed by atoms with van der Waals surface area (Å²) < 4.78 is 9.60. The van der Waals surface area contributed by atoms with Crippen molar-refractivity contribution in [2.24, 2.45) is 0 Å². The summed E-state index contributed by atoms with van der Waals surface area (Å²) in [6.07, 6.45) is -0.670. The highest BCUT2D eigenvalue weighted by atomic mass is 16.6. The molecule has 0 radical (unpaired) electrons. The number of anilines is 1. The number of hydrogen-bond acceptors (Lipinski definition) is 8. The highest BCUT2D eigenvalue weighted by molar-refractivity contribution is 6.10. The number of rotatable bonds is 6. The molecular weight excluding hydrogens is 420 g/mol. The molecule has 0 aliphatic carbocycles. The number of aromatic hydroxyl groups is 2. The largest absolute Gasteiger partial charge is 0.506 e. The fraction of sp³-hybridized carbons (Fsp3) is 0.0909. The summed E-state index contributed by atoms with van der Waals surface area (Å²) in [5.41, 5.74) is -1.68. The third-order valence-corrected chi connectivity index (χ3v) is 4.26. The zero-order valence-electron chi connectivity index (χ0n) is 16.7. The van der Waals surface area contributed by atoms with Crippen molar-refractivity contribution < 1.29 is 33.8 Å². The van der Waals surface area contributed by atoms with Gasteiger partial charge >= 0.3 is 17.7 Å². The molecule has 10 nitrogen and oxygen atoms in total. The summed E-state index contributed by atoms with van der Waals surface area (Å²) in [6.45, 7) is 1.29. The first-order valence-electron chi connectivity index (χ1n) is 9.27. The molecule has 0 spiro atoms. The highest BCUT2D eigenvalue weighted by Crippen LogP contribution is 2.29. The first-order chi connectivity index (χ1) is 15.3. The molecule has 4 N–H and O–H groups in total. The molecule has 2 aromatic carbocycles. The maximum atomic E-state index is 12.4. The van der Waals surface area contributed by atoms with Gasteiger partial charge in [-0.05, 0) is 36.8 Å². The van der Waals surface area contributed by atoms with Crippen molar-refractivity contribution in [1.82, 2.24) is 5.32 Å². The van der Waals surface area contributed by atoms with Gasteiger partial charge in [0, 0.05) is 12.2 Å². The number of benzene rings is 2. The summed E-state index contributed by atoms with van der Waals surface area (Å²) in [5.74, 6) is -3.79. The summed E-state index contributed by atoms with van der Waals surface area (Å²) in [5, 5.41) is 24.8. The third kappa shape index (κ3) is 5.11. The van der Waals surface area contributed by atoms with Gasteiger partial charge in [-0.1, -0.05) is 30.3 Å². The lowest BCUT2D eigenvalue weighted by Crippen LogP contribution is -2.26. The lowest BCUT2D eigenvalue weighted by molar-refractivity contribution is 0.100. The molecule has 0 saturated carbocycles. The average Bonchev–Trinajstić information content (AvgIpc) is 2.73. The van der Waals surface area contributed by atoms with Crippen LogP contribution in [0, 0.1) is 0 Å². The Labute approximate surface area is 181 Å². The van der Waals surface area contributed by atoms with Gasteiger partial charge in [0.15, 0.2) is 17.1 Å². The fourth-order valence-corrected chi connectivity index (χ4v) is 2.74. The van der Waals surface area contributed by atoms with E-state index in [1.807, 2.05) is 30.3 Å². The zero-order chi connectivity index (χ0) is 23.3. The van der Waals surface area contributed by atoms with Crippen LogP contribution in [0.2, 0.25) is 0 Å². The molecule has 10 heteroatoms. The molecule has 0 unspecified atom stereocenters. The molecule has 0 atom stereocenters. The van der Waals surface area contributed by atoms with Gasteiger partial charge < -0.3 is 30.0 Å². The molecule has 3 rings (SSSR count). The molecular formula is C22H18N2O8. The van der Waals surface area contributed by atoms with Gasteiger partial charge in [0.25, 0.3) is 5.91 Å². The lowest BCUT2D eigenvalue weighted by Gasteiger charge is -2.10. The van der Waals surface area contributed by atoms with Gasteiger partial charge in [0.1, 0.15) is 11.3 Å². The molecule has 3 aromatic rings. The van der Waals surface area contributed by atoms with Crippen molar-refractivity contribution >= 4 is 23.5 Å². The van der Waals surface area contributed by atoms with E-state index in [1.54, 1.807) is 0 Å². The standard InChI is InChI=1S/C22H18N2O8/c1-12(25)16-18(26)17(21(29)32-20(16)28)19(27)24-14-7-9-15(10-8-14)31-22(30)23-11-13-5-3-2-4-6-13/h2-10,26,29H,11H2,1H3,(H,23,30)(H,24,27). The monoisotopic (exact) mass is 438 g/mol. The van der Waals surface area contributed by atoms with Crippen molar-refractivity contribution in [2.75, 3.05) is 5.32 Å². The predicted molar refractivity (Wildman–Crippen MR) is 112 cm³/mol. The van der Waals surface area contributed by atoms with Gasteiger partial charge in [0.2, 0.25) is 0 Å². The molecule has 1 aromatic heterocycles. The Morgan fingerprint density at radius 1 is 0.969 bits per heavy atom. The van der Waals surface area contributed by atoms with Crippen LogP contribution in [0.25, 0.3) is 0 Å². The third-order valence-electron chi connectivity index (χ3n) is 4.26. The Bertz CT molecular complexity index is 1220. The molecule has 0 saturated heterocycles. The van der Waals surface area contributed by atoms with E-state index in [2.05, 4.69) is 15.1 Å². The van der Waals surface area contributed by atoms with Crippen LogP contribution in [0.1, 0.15) is 33.2 Å². The second-order valence-electron chi connectivity index (χ2n) is 6.56. The Balaban J connectivity index is 1.65. The van der Waals surface area contributed by atoms with Crippen LogP contribution in [0.4, 0.5) is 10.5 Å². The number of ketones is 1. The zero-order valence-corrected chi connectivity index (χ0v) is 16.7. The first-order valence-corrected chi connectivity index (χ1v) is 9.27. The smallest absolute Gasteiger partial charge is 0.412 e. The molecule has 0 bridgehead atoms. The Hall–Kier alpha value is -4.60.